The van der Waals surface area contributed by atoms with Gasteiger partial charge < -0.3 is 10.0 Å². The number of pyridine rings is 1. The fraction of sp³-hybridized carbons (Fsp3) is 0.267. The number of anilines is 3. The maximum Gasteiger partial charge on any atom is 0.354 e. The number of nitrogens with one attached hydrogen (secondary N) is 1. The Bertz CT molecular complexity index is 812. The first-order chi connectivity index (χ1) is 11.6. The van der Waals surface area contributed by atoms with Crippen molar-refractivity contribution in [2.45, 2.75) is 12.5 Å². The number of hydrogen-bond acceptors (Lipinski definition) is 6. The van der Waals surface area contributed by atoms with Gasteiger partial charge in [-0.05, 0) is 24.6 Å². The topological polar surface area (TPSA) is 112 Å². The van der Waals surface area contributed by atoms with Gasteiger partial charge in [0.1, 0.15) is 0 Å². The summed E-state index contributed by atoms with van der Waals surface area (Å²) < 4.78 is 0. The van der Waals surface area contributed by atoms with Crippen LogP contribution in [0.25, 0.3) is 0 Å². The first-order valence-electron chi connectivity index (χ1n) is 7.50. The van der Waals surface area contributed by atoms with Gasteiger partial charge in [0, 0.05) is 25.5 Å². The molecule has 2 aliphatic rings. The van der Waals surface area contributed by atoms with E-state index in [0.717, 1.165) is 18.7 Å². The van der Waals surface area contributed by atoms with Crippen LogP contribution in [0, 0.1) is 0 Å². The molecule has 1 fully saturated rings. The molecule has 1 atom stereocenters. The monoisotopic (exact) mass is 326 g/mol. The maximum absolute atomic E-state index is 12.7. The third-order valence-corrected chi connectivity index (χ3v) is 4.17. The van der Waals surface area contributed by atoms with Crippen LogP contribution in [0.5, 0.6) is 0 Å². The Hall–Kier alpha value is -3.23. The van der Waals surface area contributed by atoms with Crippen LogP contribution in [0.3, 0.4) is 0 Å². The van der Waals surface area contributed by atoms with Crippen molar-refractivity contribution >= 4 is 29.5 Å². The van der Waals surface area contributed by atoms with Gasteiger partial charge in [0.15, 0.2) is 11.5 Å². The highest BCUT2D eigenvalue weighted by Gasteiger charge is 2.40. The third kappa shape index (κ3) is 2.30. The molecule has 9 heteroatoms. The zero-order valence-electron chi connectivity index (χ0n) is 12.6. The van der Waals surface area contributed by atoms with E-state index in [4.69, 9.17) is 0 Å². The average Bonchev–Trinajstić information content (AvgIpc) is 3.00. The number of aromatic carboxylic acids is 1. The number of carbonyl (C=O) groups excluding carboxylic acids is 1. The van der Waals surface area contributed by atoms with Crippen LogP contribution >= 0.6 is 0 Å². The number of aromatic nitrogens is 3. The molecule has 0 aliphatic carbocycles. The van der Waals surface area contributed by atoms with Crippen molar-refractivity contribution in [3.63, 3.8) is 0 Å². The lowest BCUT2D eigenvalue weighted by atomic mass is 10.2. The minimum Gasteiger partial charge on any atom is -0.477 e. The molecule has 9 nitrogen and oxygen atoms in total. The normalized spacial score (nSPS) is 18.2. The Morgan fingerprint density at radius 1 is 1.25 bits per heavy atom. The number of hydrogen-bond donors (Lipinski definition) is 2. The lowest BCUT2D eigenvalue weighted by molar-refractivity contribution is 0.0690. The number of carbonyl (C=O) groups is 2. The molecule has 4 rings (SSSR count). The molecule has 0 spiro atoms. The Morgan fingerprint density at radius 2 is 2.04 bits per heavy atom. The van der Waals surface area contributed by atoms with E-state index in [9.17, 15) is 14.7 Å². The van der Waals surface area contributed by atoms with E-state index < -0.39 is 12.0 Å². The van der Waals surface area contributed by atoms with Crippen LogP contribution in [0.2, 0.25) is 0 Å². The zero-order chi connectivity index (χ0) is 16.7. The molecule has 1 saturated heterocycles. The van der Waals surface area contributed by atoms with E-state index in [1.807, 2.05) is 0 Å². The third-order valence-electron chi connectivity index (χ3n) is 4.17. The lowest BCUT2D eigenvalue weighted by Crippen LogP contribution is -2.48. The van der Waals surface area contributed by atoms with Crippen LogP contribution in [-0.4, -0.2) is 51.2 Å². The number of urea groups is 1. The number of rotatable bonds is 2. The first kappa shape index (κ1) is 14.4. The summed E-state index contributed by atoms with van der Waals surface area (Å²) in [5.74, 6) is -0.576. The zero-order valence-corrected chi connectivity index (χ0v) is 12.6. The van der Waals surface area contributed by atoms with Crippen LogP contribution in [0.1, 0.15) is 16.9 Å². The summed E-state index contributed by atoms with van der Waals surface area (Å²) >= 11 is 0. The van der Waals surface area contributed by atoms with Crippen molar-refractivity contribution < 1.29 is 14.7 Å². The average molecular weight is 326 g/mol. The van der Waals surface area contributed by atoms with Gasteiger partial charge in [0.2, 0.25) is 5.95 Å². The van der Waals surface area contributed by atoms with Gasteiger partial charge in [0.05, 0.1) is 11.7 Å². The number of amides is 2. The molecule has 1 unspecified atom stereocenters. The van der Waals surface area contributed by atoms with Gasteiger partial charge in [-0.2, -0.15) is 0 Å². The molecule has 2 amide bonds. The second-order valence-electron chi connectivity index (χ2n) is 5.61. The maximum atomic E-state index is 12.7. The van der Waals surface area contributed by atoms with Crippen LogP contribution in [0.15, 0.2) is 30.6 Å². The van der Waals surface area contributed by atoms with Gasteiger partial charge in [-0.1, -0.05) is 0 Å². The smallest absolute Gasteiger partial charge is 0.354 e. The van der Waals surface area contributed by atoms with Crippen molar-refractivity contribution in [2.24, 2.45) is 0 Å². The number of nitrogens with zero attached hydrogens (tertiary/aromatic N) is 5. The quantitative estimate of drug-likeness (QED) is 0.853. The van der Waals surface area contributed by atoms with Crippen molar-refractivity contribution in [1.82, 2.24) is 15.0 Å². The van der Waals surface area contributed by atoms with Gasteiger partial charge in [-0.25, -0.2) is 24.5 Å². The van der Waals surface area contributed by atoms with E-state index in [-0.39, 0.29) is 17.7 Å². The molecular formula is C15H14N6O3. The summed E-state index contributed by atoms with van der Waals surface area (Å²) in [6.45, 7) is 1.50. The lowest BCUT2D eigenvalue weighted by Gasteiger charge is -2.35. The number of fused-ring (bicyclic) bond motifs is 4. The number of carboxylic acids is 1. The predicted octanol–water partition coefficient (Wildman–Crippen LogP) is 1.20. The summed E-state index contributed by atoms with van der Waals surface area (Å²) in [5.41, 5.74) is 0.669. The Balaban J connectivity index is 1.72. The molecular weight excluding hydrogens is 312 g/mol. The minimum atomic E-state index is -1.13. The van der Waals surface area contributed by atoms with E-state index in [1.54, 1.807) is 12.1 Å². The molecule has 4 heterocycles. The fourth-order valence-electron chi connectivity index (χ4n) is 3.11. The standard InChI is InChI=1S/C15H14N6O3/c22-13(23)10-2-3-11-12(18-10)21(9-4-7-20(11)8-9)15(24)19-14-16-5-1-6-17-14/h1-3,5-6,9H,4,7-8H2,(H,22,23)(H,16,17,19,24). The summed E-state index contributed by atoms with van der Waals surface area (Å²) in [7, 11) is 0. The van der Waals surface area contributed by atoms with E-state index in [0.29, 0.717) is 12.4 Å². The van der Waals surface area contributed by atoms with E-state index in [2.05, 4.69) is 25.2 Å². The van der Waals surface area contributed by atoms with Crippen molar-refractivity contribution in [3.8, 4) is 0 Å². The summed E-state index contributed by atoms with van der Waals surface area (Å²) in [6.07, 6.45) is 3.86. The number of carboxylic acid groups (broad SMARTS) is 1. The van der Waals surface area contributed by atoms with Gasteiger partial charge in [0.25, 0.3) is 0 Å². The van der Waals surface area contributed by atoms with Crippen LogP contribution < -0.4 is 15.1 Å². The van der Waals surface area contributed by atoms with Crippen molar-refractivity contribution in [2.75, 3.05) is 28.2 Å². The Morgan fingerprint density at radius 3 is 2.79 bits per heavy atom. The molecule has 0 saturated carbocycles. The second-order valence-corrected chi connectivity index (χ2v) is 5.61. The van der Waals surface area contributed by atoms with E-state index >= 15 is 0 Å². The molecule has 0 aromatic carbocycles. The van der Waals surface area contributed by atoms with Crippen LogP contribution in [-0.2, 0) is 0 Å². The van der Waals surface area contributed by atoms with Gasteiger partial charge >= 0.3 is 12.0 Å². The highest BCUT2D eigenvalue weighted by atomic mass is 16.4. The minimum absolute atomic E-state index is 0.0576. The predicted molar refractivity (Wildman–Crippen MR) is 85.3 cm³/mol. The van der Waals surface area contributed by atoms with Gasteiger partial charge in [-0.15, -0.1) is 0 Å². The summed E-state index contributed by atoms with van der Waals surface area (Å²) in [4.78, 5) is 39.7. The largest absolute Gasteiger partial charge is 0.477 e. The highest BCUT2D eigenvalue weighted by molar-refractivity contribution is 6.04. The Kier molecular flexibility index (Phi) is 3.26. The van der Waals surface area contributed by atoms with Gasteiger partial charge in [-0.3, -0.25) is 10.2 Å². The highest BCUT2D eigenvalue weighted by Crippen LogP contribution is 2.39. The van der Waals surface area contributed by atoms with Crippen molar-refractivity contribution in [3.05, 3.63) is 36.3 Å². The first-order valence-corrected chi connectivity index (χ1v) is 7.50. The molecule has 2 aliphatic heterocycles. The second kappa shape index (κ2) is 5.44. The molecule has 2 aromatic rings. The molecule has 0 radical (unpaired) electrons. The molecule has 2 aromatic heterocycles. The molecule has 2 bridgehead atoms. The fourth-order valence-corrected chi connectivity index (χ4v) is 3.11. The summed E-state index contributed by atoms with van der Waals surface area (Å²) in [6, 6.07) is 4.34. The van der Waals surface area contributed by atoms with Crippen molar-refractivity contribution in [1.29, 1.82) is 0 Å². The Labute approximate surface area is 137 Å². The SMILES string of the molecule is O=C(O)c1ccc2c(n1)N(C(=O)Nc1ncccn1)C1CCN2C1. The molecule has 122 valence electrons. The molecule has 24 heavy (non-hydrogen) atoms. The van der Waals surface area contributed by atoms with Crippen LogP contribution in [0.4, 0.5) is 22.2 Å². The van der Waals surface area contributed by atoms with E-state index in [1.165, 1.54) is 23.4 Å². The molecule has 2 N–H and O–H groups in total. The summed E-state index contributed by atoms with van der Waals surface area (Å²) in [5, 5.41) is 11.8.